The van der Waals surface area contributed by atoms with Gasteiger partial charge in [0.2, 0.25) is 0 Å². The van der Waals surface area contributed by atoms with E-state index >= 15 is 0 Å². The van der Waals surface area contributed by atoms with E-state index < -0.39 is 5.82 Å². The van der Waals surface area contributed by atoms with Crippen molar-refractivity contribution in [3.05, 3.63) is 29.1 Å². The van der Waals surface area contributed by atoms with Crippen molar-refractivity contribution in [2.24, 2.45) is 0 Å². The number of benzene rings is 1. The van der Waals surface area contributed by atoms with Crippen LogP contribution >= 0.6 is 0 Å². The molecule has 0 fully saturated rings. The van der Waals surface area contributed by atoms with Gasteiger partial charge in [-0.15, -0.1) is 0 Å². The number of carbonyl (C=O) groups is 1. The number of phenolic OH excluding ortho intramolecular Hbond substituents is 1. The average Bonchev–Trinajstić information content (AvgIpc) is 2.15. The number of aldehydes is 1. The van der Waals surface area contributed by atoms with Crippen LogP contribution in [0.25, 0.3) is 0 Å². The molecular formula is C11H13FO2. The van der Waals surface area contributed by atoms with Crippen molar-refractivity contribution in [1.82, 2.24) is 0 Å². The Labute approximate surface area is 82.4 Å². The molecule has 3 heteroatoms. The van der Waals surface area contributed by atoms with Gasteiger partial charge in [0, 0.05) is 12.0 Å². The van der Waals surface area contributed by atoms with Crippen molar-refractivity contribution >= 4 is 6.29 Å². The predicted molar refractivity (Wildman–Crippen MR) is 51.9 cm³/mol. The molecule has 2 nitrogen and oxygen atoms in total. The Kier molecular flexibility index (Phi) is 3.23. The van der Waals surface area contributed by atoms with E-state index in [4.69, 9.17) is 0 Å². The van der Waals surface area contributed by atoms with E-state index in [-0.39, 0.29) is 18.1 Å². The molecule has 0 radical (unpaired) electrons. The second kappa shape index (κ2) is 4.22. The molecule has 1 unspecified atom stereocenters. The second-order valence-electron chi connectivity index (χ2n) is 3.44. The normalized spacial score (nSPS) is 12.5. The Morgan fingerprint density at radius 1 is 1.57 bits per heavy atom. The molecule has 14 heavy (non-hydrogen) atoms. The van der Waals surface area contributed by atoms with Gasteiger partial charge < -0.3 is 9.90 Å². The minimum absolute atomic E-state index is 0.150. The first-order valence-corrected chi connectivity index (χ1v) is 4.49. The molecule has 0 aliphatic carbocycles. The van der Waals surface area contributed by atoms with Crippen LogP contribution in [0.4, 0.5) is 4.39 Å². The number of hydrogen-bond donors (Lipinski definition) is 1. The highest BCUT2D eigenvalue weighted by molar-refractivity contribution is 5.53. The van der Waals surface area contributed by atoms with Crippen molar-refractivity contribution in [1.29, 1.82) is 0 Å². The highest BCUT2D eigenvalue weighted by Gasteiger charge is 2.14. The summed E-state index contributed by atoms with van der Waals surface area (Å²) in [5, 5.41) is 9.48. The highest BCUT2D eigenvalue weighted by Crippen LogP contribution is 2.31. The van der Waals surface area contributed by atoms with Crippen molar-refractivity contribution in [3.8, 4) is 5.75 Å². The minimum Gasteiger partial charge on any atom is -0.505 e. The van der Waals surface area contributed by atoms with Crippen LogP contribution in [-0.2, 0) is 4.79 Å². The number of hydrogen-bond acceptors (Lipinski definition) is 2. The van der Waals surface area contributed by atoms with Crippen LogP contribution in [0, 0.1) is 12.7 Å². The first-order valence-electron chi connectivity index (χ1n) is 4.49. The van der Waals surface area contributed by atoms with Gasteiger partial charge in [-0.2, -0.15) is 0 Å². The first-order chi connectivity index (χ1) is 6.57. The van der Waals surface area contributed by atoms with Gasteiger partial charge in [0.1, 0.15) is 6.29 Å². The van der Waals surface area contributed by atoms with E-state index in [9.17, 15) is 14.3 Å². The molecule has 0 aliphatic heterocycles. The van der Waals surface area contributed by atoms with Gasteiger partial charge in [-0.1, -0.05) is 19.1 Å². The summed E-state index contributed by atoms with van der Waals surface area (Å²) in [6.45, 7) is 3.36. The quantitative estimate of drug-likeness (QED) is 0.754. The standard InChI is InChI=1S/C11H13FO2/c1-7(5-6-13)9-4-3-8(2)10(12)11(9)14/h3-4,6-7,14H,5H2,1-2H3. The number of aromatic hydroxyl groups is 1. The molecule has 1 aromatic rings. The molecule has 0 saturated heterocycles. The Hall–Kier alpha value is -1.38. The summed E-state index contributed by atoms with van der Waals surface area (Å²) in [6.07, 6.45) is 1.05. The van der Waals surface area contributed by atoms with Crippen molar-refractivity contribution in [2.75, 3.05) is 0 Å². The topological polar surface area (TPSA) is 37.3 Å². The lowest BCUT2D eigenvalue weighted by Crippen LogP contribution is -1.97. The van der Waals surface area contributed by atoms with Crippen LogP contribution in [0.5, 0.6) is 5.75 Å². The van der Waals surface area contributed by atoms with E-state index in [0.29, 0.717) is 11.1 Å². The Balaban J connectivity index is 3.10. The lowest BCUT2D eigenvalue weighted by Gasteiger charge is -2.11. The molecule has 1 aromatic carbocycles. The number of rotatable bonds is 3. The summed E-state index contributed by atoms with van der Waals surface area (Å²) in [5.41, 5.74) is 0.893. The molecule has 1 rings (SSSR count). The van der Waals surface area contributed by atoms with Crippen LogP contribution in [0.3, 0.4) is 0 Å². The first kappa shape index (κ1) is 10.7. The zero-order valence-electron chi connectivity index (χ0n) is 8.25. The van der Waals surface area contributed by atoms with E-state index in [1.54, 1.807) is 26.0 Å². The fraction of sp³-hybridized carbons (Fsp3) is 0.364. The van der Waals surface area contributed by atoms with Crippen molar-refractivity contribution in [2.45, 2.75) is 26.2 Å². The van der Waals surface area contributed by atoms with Gasteiger partial charge in [-0.3, -0.25) is 0 Å². The van der Waals surface area contributed by atoms with Gasteiger partial charge in [0.15, 0.2) is 11.6 Å². The molecule has 0 spiro atoms. The zero-order valence-corrected chi connectivity index (χ0v) is 8.25. The fourth-order valence-corrected chi connectivity index (χ4v) is 1.35. The SMILES string of the molecule is Cc1ccc(C(C)CC=O)c(O)c1F. The van der Waals surface area contributed by atoms with Gasteiger partial charge in [0.25, 0.3) is 0 Å². The number of carbonyl (C=O) groups excluding carboxylic acids is 1. The Morgan fingerprint density at radius 3 is 2.79 bits per heavy atom. The Bertz CT molecular complexity index is 347. The zero-order chi connectivity index (χ0) is 10.7. The smallest absolute Gasteiger partial charge is 0.167 e. The maximum Gasteiger partial charge on any atom is 0.167 e. The van der Waals surface area contributed by atoms with Crippen LogP contribution in [0.2, 0.25) is 0 Å². The highest BCUT2D eigenvalue weighted by atomic mass is 19.1. The molecule has 1 atom stereocenters. The predicted octanol–water partition coefficient (Wildman–Crippen LogP) is 2.53. The third-order valence-electron chi connectivity index (χ3n) is 2.32. The van der Waals surface area contributed by atoms with Crippen LogP contribution in [0.1, 0.15) is 30.4 Å². The largest absolute Gasteiger partial charge is 0.505 e. The van der Waals surface area contributed by atoms with Gasteiger partial charge in [-0.05, 0) is 18.4 Å². The molecule has 0 aromatic heterocycles. The maximum absolute atomic E-state index is 13.3. The summed E-state index contributed by atoms with van der Waals surface area (Å²) in [7, 11) is 0. The van der Waals surface area contributed by atoms with E-state index in [1.165, 1.54) is 0 Å². The monoisotopic (exact) mass is 196 g/mol. The van der Waals surface area contributed by atoms with E-state index in [2.05, 4.69) is 0 Å². The maximum atomic E-state index is 13.3. The summed E-state index contributed by atoms with van der Waals surface area (Å²) in [4.78, 5) is 10.3. The van der Waals surface area contributed by atoms with Gasteiger partial charge in [0.05, 0.1) is 0 Å². The number of halogens is 1. The summed E-state index contributed by atoms with van der Waals surface area (Å²) in [5.74, 6) is -1.08. The lowest BCUT2D eigenvalue weighted by atomic mass is 9.96. The van der Waals surface area contributed by atoms with E-state index in [0.717, 1.165) is 6.29 Å². The second-order valence-corrected chi connectivity index (χ2v) is 3.44. The third kappa shape index (κ3) is 1.92. The van der Waals surface area contributed by atoms with Crippen LogP contribution in [0.15, 0.2) is 12.1 Å². The summed E-state index contributed by atoms with van der Waals surface area (Å²) < 4.78 is 13.3. The molecule has 0 heterocycles. The third-order valence-corrected chi connectivity index (χ3v) is 2.32. The number of aryl methyl sites for hydroxylation is 1. The summed E-state index contributed by atoms with van der Waals surface area (Å²) >= 11 is 0. The van der Waals surface area contributed by atoms with Crippen LogP contribution < -0.4 is 0 Å². The number of phenols is 1. The molecular weight excluding hydrogens is 183 g/mol. The molecule has 0 saturated carbocycles. The average molecular weight is 196 g/mol. The van der Waals surface area contributed by atoms with Crippen molar-refractivity contribution < 1.29 is 14.3 Å². The van der Waals surface area contributed by atoms with Crippen molar-refractivity contribution in [3.63, 3.8) is 0 Å². The molecule has 0 aliphatic rings. The molecule has 0 bridgehead atoms. The fourth-order valence-electron chi connectivity index (χ4n) is 1.35. The molecule has 76 valence electrons. The molecule has 0 amide bonds. The Morgan fingerprint density at radius 2 is 2.21 bits per heavy atom. The van der Waals surface area contributed by atoms with Crippen LogP contribution in [-0.4, -0.2) is 11.4 Å². The lowest BCUT2D eigenvalue weighted by molar-refractivity contribution is -0.108. The summed E-state index contributed by atoms with van der Waals surface area (Å²) in [6, 6.07) is 3.26. The molecule has 1 N–H and O–H groups in total. The minimum atomic E-state index is -0.597. The van der Waals surface area contributed by atoms with Gasteiger partial charge in [-0.25, -0.2) is 4.39 Å². The van der Waals surface area contributed by atoms with E-state index in [1.807, 2.05) is 0 Å². The van der Waals surface area contributed by atoms with Gasteiger partial charge >= 0.3 is 0 Å².